The minimum atomic E-state index is 0.523. The second kappa shape index (κ2) is 27.8. The van der Waals surface area contributed by atoms with Crippen LogP contribution in [0, 0.1) is 96.9 Å². The summed E-state index contributed by atoms with van der Waals surface area (Å²) in [5.74, 6) is 1.05. The Kier molecular flexibility index (Phi) is 17.3. The third-order valence-electron chi connectivity index (χ3n) is 27.9. The minimum Gasteiger partial charge on any atom is -0.0610 e. The van der Waals surface area contributed by atoms with Crippen LogP contribution in [0.5, 0.6) is 0 Å². The zero-order valence-corrected chi connectivity index (χ0v) is 72.6. The van der Waals surface area contributed by atoms with E-state index in [1.807, 2.05) is 0 Å². The number of aryl methyl sites for hydroxylation is 14. The Morgan fingerprint density at radius 3 is 0.450 bits per heavy atom. The van der Waals surface area contributed by atoms with Crippen LogP contribution in [0.25, 0.3) is 215 Å². The molecule has 0 heterocycles. The molecule has 25 aromatic carbocycles. The van der Waals surface area contributed by atoms with Gasteiger partial charge in [0.2, 0.25) is 0 Å². The van der Waals surface area contributed by atoms with Crippen molar-refractivity contribution in [2.45, 2.75) is 136 Å². The molecule has 25 aromatic rings. The van der Waals surface area contributed by atoms with Crippen LogP contribution in [-0.4, -0.2) is 0 Å². The highest BCUT2D eigenvalue weighted by atomic mass is 14.3. The van der Waals surface area contributed by atoms with Crippen LogP contribution >= 0.6 is 0 Å². The van der Waals surface area contributed by atoms with Gasteiger partial charge in [-0.1, -0.05) is 295 Å². The molecule has 0 aliphatic rings. The van der Waals surface area contributed by atoms with Gasteiger partial charge >= 0.3 is 0 Å². The van der Waals surface area contributed by atoms with E-state index < -0.39 is 0 Å². The van der Waals surface area contributed by atoms with Gasteiger partial charge in [-0.2, -0.15) is 0 Å². The van der Waals surface area contributed by atoms with E-state index in [9.17, 15) is 0 Å². The molecule has 0 spiro atoms. The van der Waals surface area contributed by atoms with E-state index in [1.165, 1.54) is 304 Å². The molecule has 0 nitrogen and oxygen atoms in total. The Morgan fingerprint density at radius 2 is 0.250 bits per heavy atom. The second-order valence-corrected chi connectivity index (χ2v) is 36.4. The topological polar surface area (TPSA) is 0 Å². The standard InChI is InChI=1S/C28H28.2C24H20.2C22H16/c1-15(2)19-11-23-17(5)7-10-22-26-14-20(16(3)4)12-24-18(6)8-9-21(28(24)26)25(13-19)27(22)23;1-13-9-19-15(3)5-8-18-22-12-14(2)10-20-16(4)6-7-17(24(20)22)21(11-13)23(18)19;1-13-9-19-15(3)5-7-17-18-8-6-16(4)20-10-14(2)12-22(24(18)20)21(11-13)23(17)19;1-13-9-11-19-18-8-4-6-16-14(2)10-12-20(22(16)18)17-7-3-5-15(13)21(17)19;1-13-9-11-19-20-12-10-14(2)16-6-4-8-18(22(16)20)17-7-3-5-15(13)21(17)19/h7-16H,1-6H3;2*5-12H,1-4H3;2*3-12H,1-2H3. The van der Waals surface area contributed by atoms with Crippen LogP contribution in [-0.2, 0) is 0 Å². The quantitative estimate of drug-likeness (QED) is 0.120. The Labute approximate surface area is 703 Å². The molecule has 0 radical (unpaired) electrons. The van der Waals surface area contributed by atoms with Crippen molar-refractivity contribution in [1.29, 1.82) is 0 Å². The lowest BCUT2D eigenvalue weighted by atomic mass is 9.84. The average Bonchev–Trinajstić information content (AvgIpc) is 0.723. The van der Waals surface area contributed by atoms with Gasteiger partial charge in [0.25, 0.3) is 0 Å². The van der Waals surface area contributed by atoms with E-state index in [4.69, 9.17) is 0 Å². The SMILES string of the molecule is Cc1cc2c(C)ccc3c4cc(C)cc5c(C)ccc(c(c1)c23)c54.Cc1cc2c(C)ccc3c4ccc(C)c5cc(C)cc(c(c1)c23)c54.Cc1ccc2c3cc(C(C)C)cc4c(C)ccc(c5cc(C(C)C)cc1c25)c43.Cc1ccc2c3ccc(C)c4cccc(c5cccc1c52)c43.Cc1ccc2c3cccc4c(C)ccc(c5cccc1c52)c43. The molecule has 0 bridgehead atoms. The van der Waals surface area contributed by atoms with Gasteiger partial charge in [0.15, 0.2) is 0 Å². The van der Waals surface area contributed by atoms with Crippen molar-refractivity contribution in [2.75, 3.05) is 0 Å². The van der Waals surface area contributed by atoms with Crippen molar-refractivity contribution in [3.8, 4) is 0 Å². The fourth-order valence-corrected chi connectivity index (χ4v) is 21.7. The first-order valence-corrected chi connectivity index (χ1v) is 43.4. The first kappa shape index (κ1) is 74.5. The van der Waals surface area contributed by atoms with E-state index in [0.717, 1.165) is 0 Å². The molecule has 0 fully saturated rings. The molecule has 0 amide bonds. The van der Waals surface area contributed by atoms with E-state index in [2.05, 4.69) is 392 Å². The summed E-state index contributed by atoms with van der Waals surface area (Å²) in [5, 5.41) is 55.8. The van der Waals surface area contributed by atoms with Crippen LogP contribution in [0.3, 0.4) is 0 Å². The molecule has 0 N–H and O–H groups in total. The average molecular weight is 1540 g/mol. The first-order chi connectivity index (χ1) is 58.0. The molecule has 580 valence electrons. The van der Waals surface area contributed by atoms with Crippen LogP contribution < -0.4 is 0 Å². The summed E-state index contributed by atoms with van der Waals surface area (Å²) >= 11 is 0. The van der Waals surface area contributed by atoms with Crippen LogP contribution in [0.15, 0.2) is 267 Å². The first-order valence-electron chi connectivity index (χ1n) is 43.4. The molecule has 0 atom stereocenters. The summed E-state index contributed by atoms with van der Waals surface area (Å²) < 4.78 is 0. The fraction of sp³-hybridized carbons (Fsp3) is 0.167. The zero-order chi connectivity index (χ0) is 82.6. The van der Waals surface area contributed by atoms with Crippen molar-refractivity contribution in [1.82, 2.24) is 0 Å². The summed E-state index contributed by atoms with van der Waals surface area (Å²) in [4.78, 5) is 0. The van der Waals surface area contributed by atoms with Gasteiger partial charge in [-0.05, 0) is 413 Å². The Morgan fingerprint density at radius 1 is 0.125 bits per heavy atom. The Hall–Kier alpha value is -13.0. The Balaban J connectivity index is 0.0000000930. The summed E-state index contributed by atoms with van der Waals surface area (Å²) in [6.45, 7) is 40.2. The van der Waals surface area contributed by atoms with Crippen LogP contribution in [0.4, 0.5) is 0 Å². The monoisotopic (exact) mass is 1540 g/mol. The summed E-state index contributed by atoms with van der Waals surface area (Å²) in [6, 6.07) is 101. The van der Waals surface area contributed by atoms with E-state index >= 15 is 0 Å². The van der Waals surface area contributed by atoms with E-state index in [1.54, 1.807) is 0 Å². The number of hydrogen-bond acceptors (Lipinski definition) is 0. The molecule has 120 heavy (non-hydrogen) atoms. The summed E-state index contributed by atoms with van der Waals surface area (Å²) in [7, 11) is 0. The van der Waals surface area contributed by atoms with Crippen LogP contribution in [0.2, 0.25) is 0 Å². The number of hydrogen-bond donors (Lipinski definition) is 0. The van der Waals surface area contributed by atoms with Crippen molar-refractivity contribution >= 4 is 215 Å². The van der Waals surface area contributed by atoms with Gasteiger partial charge in [0.05, 0.1) is 0 Å². The van der Waals surface area contributed by atoms with Crippen molar-refractivity contribution in [3.05, 3.63) is 356 Å². The number of benzene rings is 25. The normalized spacial score (nSPS) is 12.2. The predicted molar refractivity (Wildman–Crippen MR) is 533 cm³/mol. The lowest BCUT2D eigenvalue weighted by Crippen LogP contribution is -1.95. The van der Waals surface area contributed by atoms with Crippen molar-refractivity contribution in [3.63, 3.8) is 0 Å². The summed E-state index contributed by atoms with van der Waals surface area (Å²) in [6.07, 6.45) is 0. The number of fused-ring (bicyclic) bond motifs is 10. The molecule has 0 unspecified atom stereocenters. The number of rotatable bonds is 2. The van der Waals surface area contributed by atoms with Crippen LogP contribution in [0.1, 0.15) is 129 Å². The third kappa shape index (κ3) is 11.3. The van der Waals surface area contributed by atoms with E-state index in [0.29, 0.717) is 11.8 Å². The highest BCUT2D eigenvalue weighted by molar-refractivity contribution is 6.39. The molecule has 25 rings (SSSR count). The van der Waals surface area contributed by atoms with Gasteiger partial charge < -0.3 is 0 Å². The highest BCUT2D eigenvalue weighted by Crippen LogP contribution is 2.50. The predicted octanol–water partition coefficient (Wildman–Crippen LogP) is 35.3. The molecular weight excluding hydrogens is 1440 g/mol. The van der Waals surface area contributed by atoms with Gasteiger partial charge in [-0.25, -0.2) is 0 Å². The summed E-state index contributed by atoms with van der Waals surface area (Å²) in [5.41, 5.74) is 21.8. The largest absolute Gasteiger partial charge is 0.0610 e. The van der Waals surface area contributed by atoms with Crippen molar-refractivity contribution in [2.24, 2.45) is 0 Å². The third-order valence-corrected chi connectivity index (χ3v) is 27.9. The Bertz CT molecular complexity index is 7840. The molecular formula is C120H100. The highest BCUT2D eigenvalue weighted by Gasteiger charge is 2.23. The lowest BCUT2D eigenvalue weighted by molar-refractivity contribution is 0.869. The molecule has 0 aromatic heterocycles. The maximum Gasteiger partial charge on any atom is -0.00235 e. The molecule has 0 aliphatic heterocycles. The minimum absolute atomic E-state index is 0.523. The molecule has 0 saturated heterocycles. The maximum atomic E-state index is 2.44. The maximum absolute atomic E-state index is 2.44. The fourth-order valence-electron chi connectivity index (χ4n) is 21.7. The zero-order valence-electron chi connectivity index (χ0n) is 72.6. The van der Waals surface area contributed by atoms with Gasteiger partial charge in [0, 0.05) is 0 Å². The lowest BCUT2D eigenvalue weighted by Gasteiger charge is -2.20. The smallest absolute Gasteiger partial charge is 0.00235 e. The van der Waals surface area contributed by atoms with E-state index in [-0.39, 0.29) is 0 Å². The second-order valence-electron chi connectivity index (χ2n) is 36.4. The molecule has 0 aliphatic carbocycles. The molecule has 0 heteroatoms. The van der Waals surface area contributed by atoms with Gasteiger partial charge in [0.1, 0.15) is 0 Å². The van der Waals surface area contributed by atoms with Gasteiger partial charge in [-0.15, -0.1) is 0 Å². The molecule has 0 saturated carbocycles. The van der Waals surface area contributed by atoms with Crippen molar-refractivity contribution < 1.29 is 0 Å². The van der Waals surface area contributed by atoms with Gasteiger partial charge in [-0.3, -0.25) is 0 Å².